The number of amides is 1. The van der Waals surface area contributed by atoms with Crippen molar-refractivity contribution < 1.29 is 14.7 Å². The summed E-state index contributed by atoms with van der Waals surface area (Å²) in [6.45, 7) is 4.03. The zero-order valence-electron chi connectivity index (χ0n) is 10.3. The Bertz CT molecular complexity index is 414. The number of carbonyl (C=O) groups excluding carboxylic acids is 1. The van der Waals surface area contributed by atoms with E-state index in [2.05, 4.69) is 5.10 Å². The maximum atomic E-state index is 12.1. The van der Waals surface area contributed by atoms with Crippen LogP contribution in [0.4, 0.5) is 0 Å². The minimum atomic E-state index is -0.907. The Labute approximate surface area is 99.8 Å². The van der Waals surface area contributed by atoms with E-state index in [9.17, 15) is 9.59 Å². The summed E-state index contributed by atoms with van der Waals surface area (Å²) in [6.07, 6.45) is 3.05. The molecule has 17 heavy (non-hydrogen) atoms. The predicted molar refractivity (Wildman–Crippen MR) is 61.6 cm³/mol. The first-order valence-electron chi connectivity index (χ1n) is 5.47. The van der Waals surface area contributed by atoms with Crippen LogP contribution in [0.3, 0.4) is 0 Å². The van der Waals surface area contributed by atoms with Gasteiger partial charge in [-0.25, -0.2) is 0 Å². The van der Waals surface area contributed by atoms with Crippen molar-refractivity contribution >= 4 is 11.9 Å². The van der Waals surface area contributed by atoms with Gasteiger partial charge in [0, 0.05) is 25.8 Å². The van der Waals surface area contributed by atoms with E-state index in [0.29, 0.717) is 12.1 Å². The largest absolute Gasteiger partial charge is 0.481 e. The van der Waals surface area contributed by atoms with Gasteiger partial charge in [-0.3, -0.25) is 14.3 Å². The fourth-order valence-corrected chi connectivity index (χ4v) is 1.72. The highest BCUT2D eigenvalue weighted by atomic mass is 16.4. The summed E-state index contributed by atoms with van der Waals surface area (Å²) in [6, 6.07) is -0.329. The van der Waals surface area contributed by atoms with Gasteiger partial charge in [0.25, 0.3) is 5.91 Å². The number of aliphatic carboxylic acids is 1. The Morgan fingerprint density at radius 2 is 2.24 bits per heavy atom. The van der Waals surface area contributed by atoms with Crippen LogP contribution in [0, 0.1) is 0 Å². The summed E-state index contributed by atoms with van der Waals surface area (Å²) >= 11 is 0. The highest BCUT2D eigenvalue weighted by Gasteiger charge is 2.22. The average Bonchev–Trinajstić information content (AvgIpc) is 2.64. The van der Waals surface area contributed by atoms with Crippen LogP contribution < -0.4 is 0 Å². The lowest BCUT2D eigenvalue weighted by Crippen LogP contribution is -2.39. The molecule has 0 aliphatic carbocycles. The zero-order valence-corrected chi connectivity index (χ0v) is 10.3. The number of carbonyl (C=O) groups is 2. The lowest BCUT2D eigenvalue weighted by molar-refractivity contribution is -0.138. The van der Waals surface area contributed by atoms with Gasteiger partial charge in [0.15, 0.2) is 0 Å². The quantitative estimate of drug-likeness (QED) is 0.822. The number of nitrogens with zero attached hydrogens (tertiary/aromatic N) is 3. The SMILES string of the molecule is CCN(C(=O)c1cnn(C)c1)C(C)CC(=O)O. The lowest BCUT2D eigenvalue weighted by Gasteiger charge is -2.26. The van der Waals surface area contributed by atoms with Crippen LogP contribution >= 0.6 is 0 Å². The van der Waals surface area contributed by atoms with E-state index in [1.807, 2.05) is 6.92 Å². The third-order valence-electron chi connectivity index (χ3n) is 2.56. The number of hydrogen-bond donors (Lipinski definition) is 1. The number of rotatable bonds is 5. The van der Waals surface area contributed by atoms with Crippen LogP contribution in [0.25, 0.3) is 0 Å². The topological polar surface area (TPSA) is 75.4 Å². The van der Waals surface area contributed by atoms with Crippen molar-refractivity contribution in [1.82, 2.24) is 14.7 Å². The Kier molecular flexibility index (Phi) is 4.25. The molecule has 1 amide bonds. The monoisotopic (exact) mass is 239 g/mol. The molecule has 0 radical (unpaired) electrons. The van der Waals surface area contributed by atoms with Crippen molar-refractivity contribution in [3.8, 4) is 0 Å². The minimum absolute atomic E-state index is 0.0557. The molecular formula is C11H17N3O3. The first-order valence-corrected chi connectivity index (χ1v) is 5.47. The molecule has 1 aromatic heterocycles. The molecule has 0 bridgehead atoms. The van der Waals surface area contributed by atoms with E-state index in [-0.39, 0.29) is 18.4 Å². The van der Waals surface area contributed by atoms with E-state index in [4.69, 9.17) is 5.11 Å². The molecule has 1 N–H and O–H groups in total. The fraction of sp³-hybridized carbons (Fsp3) is 0.545. The standard InChI is InChI=1S/C11H17N3O3/c1-4-14(8(2)5-10(15)16)11(17)9-6-12-13(3)7-9/h6-8H,4-5H2,1-3H3,(H,15,16). The van der Waals surface area contributed by atoms with Gasteiger partial charge in [0.05, 0.1) is 18.2 Å². The van der Waals surface area contributed by atoms with Crippen LogP contribution in [-0.2, 0) is 11.8 Å². The van der Waals surface area contributed by atoms with Gasteiger partial charge in [-0.1, -0.05) is 0 Å². The first kappa shape index (κ1) is 13.2. The summed E-state index contributed by atoms with van der Waals surface area (Å²) in [4.78, 5) is 24.3. The van der Waals surface area contributed by atoms with Crippen molar-refractivity contribution in [2.45, 2.75) is 26.3 Å². The molecule has 94 valence electrons. The highest BCUT2D eigenvalue weighted by molar-refractivity contribution is 5.94. The van der Waals surface area contributed by atoms with Crippen molar-refractivity contribution in [3.05, 3.63) is 18.0 Å². The molecule has 0 saturated heterocycles. The summed E-state index contributed by atoms with van der Waals surface area (Å²) in [5.74, 6) is -1.09. The number of aryl methyl sites for hydroxylation is 1. The predicted octanol–water partition coefficient (Wildman–Crippen LogP) is 0.745. The summed E-state index contributed by atoms with van der Waals surface area (Å²) in [5, 5.41) is 12.7. The van der Waals surface area contributed by atoms with Crippen molar-refractivity contribution in [2.24, 2.45) is 7.05 Å². The van der Waals surface area contributed by atoms with Crippen LogP contribution in [0.5, 0.6) is 0 Å². The van der Waals surface area contributed by atoms with Gasteiger partial charge in [-0.15, -0.1) is 0 Å². The van der Waals surface area contributed by atoms with E-state index in [0.717, 1.165) is 0 Å². The summed E-state index contributed by atoms with van der Waals surface area (Å²) < 4.78 is 1.54. The lowest BCUT2D eigenvalue weighted by atomic mass is 10.2. The van der Waals surface area contributed by atoms with E-state index in [1.54, 1.807) is 24.9 Å². The maximum absolute atomic E-state index is 12.1. The number of hydrogen-bond acceptors (Lipinski definition) is 3. The van der Waals surface area contributed by atoms with Crippen molar-refractivity contribution in [1.29, 1.82) is 0 Å². The molecule has 0 spiro atoms. The molecule has 0 aromatic carbocycles. The molecule has 0 saturated carbocycles. The van der Waals surface area contributed by atoms with Gasteiger partial charge < -0.3 is 10.0 Å². The van der Waals surface area contributed by atoms with Crippen molar-refractivity contribution in [3.63, 3.8) is 0 Å². The molecule has 1 unspecified atom stereocenters. The van der Waals surface area contributed by atoms with Crippen molar-refractivity contribution in [2.75, 3.05) is 6.54 Å². The van der Waals surface area contributed by atoms with Gasteiger partial charge in [-0.05, 0) is 13.8 Å². The Morgan fingerprint density at radius 3 is 2.65 bits per heavy atom. The third-order valence-corrected chi connectivity index (χ3v) is 2.56. The average molecular weight is 239 g/mol. The summed E-state index contributed by atoms with van der Waals surface area (Å²) in [5.41, 5.74) is 0.478. The molecule has 6 nitrogen and oxygen atoms in total. The smallest absolute Gasteiger partial charge is 0.305 e. The number of aromatic nitrogens is 2. The zero-order chi connectivity index (χ0) is 13.0. The van der Waals surface area contributed by atoms with Crippen LogP contribution in [-0.4, -0.2) is 44.3 Å². The molecular weight excluding hydrogens is 222 g/mol. The fourth-order valence-electron chi connectivity index (χ4n) is 1.72. The second kappa shape index (κ2) is 5.47. The molecule has 0 aliphatic rings. The summed E-state index contributed by atoms with van der Waals surface area (Å²) in [7, 11) is 1.73. The molecule has 1 heterocycles. The van der Waals surface area contributed by atoms with Gasteiger partial charge in [-0.2, -0.15) is 5.10 Å². The van der Waals surface area contributed by atoms with E-state index >= 15 is 0 Å². The Balaban J connectivity index is 2.80. The highest BCUT2D eigenvalue weighted by Crippen LogP contribution is 2.10. The first-order chi connectivity index (χ1) is 7.95. The number of carboxylic acid groups (broad SMARTS) is 1. The molecule has 1 atom stereocenters. The molecule has 0 fully saturated rings. The van der Waals surface area contributed by atoms with Crippen LogP contribution in [0.1, 0.15) is 30.6 Å². The minimum Gasteiger partial charge on any atom is -0.481 e. The second-order valence-electron chi connectivity index (χ2n) is 3.94. The van der Waals surface area contributed by atoms with Crippen LogP contribution in [0.15, 0.2) is 12.4 Å². The maximum Gasteiger partial charge on any atom is 0.305 e. The van der Waals surface area contributed by atoms with Gasteiger partial charge in [0.1, 0.15) is 0 Å². The van der Waals surface area contributed by atoms with E-state index < -0.39 is 5.97 Å². The number of carboxylic acids is 1. The van der Waals surface area contributed by atoms with E-state index in [1.165, 1.54) is 11.1 Å². The molecule has 6 heteroatoms. The molecule has 1 rings (SSSR count). The van der Waals surface area contributed by atoms with Gasteiger partial charge >= 0.3 is 5.97 Å². The second-order valence-corrected chi connectivity index (χ2v) is 3.94. The molecule has 1 aromatic rings. The third kappa shape index (κ3) is 3.30. The Hall–Kier alpha value is -1.85. The van der Waals surface area contributed by atoms with Gasteiger partial charge in [0.2, 0.25) is 0 Å². The molecule has 0 aliphatic heterocycles. The normalized spacial score (nSPS) is 12.2. The Morgan fingerprint density at radius 1 is 1.59 bits per heavy atom. The van der Waals surface area contributed by atoms with Crippen LogP contribution in [0.2, 0.25) is 0 Å².